The summed E-state index contributed by atoms with van der Waals surface area (Å²) in [6.45, 7) is 10.1. The monoisotopic (exact) mass is 485 g/mol. The molecule has 1 heterocycles. The number of aromatic nitrogens is 1. The molecule has 0 saturated carbocycles. The lowest BCUT2D eigenvalue weighted by Gasteiger charge is -2.10. The van der Waals surface area contributed by atoms with Crippen molar-refractivity contribution < 1.29 is 9.21 Å². The van der Waals surface area contributed by atoms with Crippen LogP contribution in [0, 0.1) is 13.8 Å². The van der Waals surface area contributed by atoms with E-state index in [4.69, 9.17) is 4.42 Å². The first kappa shape index (κ1) is 22.9. The van der Waals surface area contributed by atoms with E-state index in [2.05, 4.69) is 25.9 Å². The second kappa shape index (κ2) is 11.6. The lowest BCUT2D eigenvalue weighted by atomic mass is 10.1. The topological polar surface area (TPSA) is 91.5 Å². The Balaban J connectivity index is 0.00000364. The van der Waals surface area contributed by atoms with Gasteiger partial charge in [0.2, 0.25) is 5.89 Å². The number of rotatable bonds is 7. The third-order valence-corrected chi connectivity index (χ3v) is 3.80. The van der Waals surface area contributed by atoms with Crippen LogP contribution in [0.1, 0.15) is 47.1 Å². The SMILES string of the molecule is CCNC(=O)c1ccc(CN=C(NCC)NCc2nc(C)c(C)o2)cc1.I. The first-order valence-electron chi connectivity index (χ1n) is 8.85. The molecule has 0 atom stereocenters. The lowest BCUT2D eigenvalue weighted by molar-refractivity contribution is 0.0956. The van der Waals surface area contributed by atoms with Gasteiger partial charge in [-0.1, -0.05) is 12.1 Å². The average Bonchev–Trinajstić information content (AvgIpc) is 2.96. The normalized spacial score (nSPS) is 10.9. The van der Waals surface area contributed by atoms with Gasteiger partial charge in [-0.15, -0.1) is 24.0 Å². The molecule has 27 heavy (non-hydrogen) atoms. The minimum atomic E-state index is -0.0610. The number of benzene rings is 1. The smallest absolute Gasteiger partial charge is 0.251 e. The zero-order chi connectivity index (χ0) is 18.9. The van der Waals surface area contributed by atoms with Gasteiger partial charge in [-0.05, 0) is 45.4 Å². The van der Waals surface area contributed by atoms with Gasteiger partial charge in [0.15, 0.2) is 5.96 Å². The number of halogens is 1. The molecule has 148 valence electrons. The fourth-order valence-corrected chi connectivity index (χ4v) is 2.31. The summed E-state index contributed by atoms with van der Waals surface area (Å²) in [6, 6.07) is 7.46. The molecule has 0 radical (unpaired) electrons. The molecule has 3 N–H and O–H groups in total. The number of hydrogen-bond donors (Lipinski definition) is 3. The number of aryl methyl sites for hydroxylation is 2. The van der Waals surface area contributed by atoms with Gasteiger partial charge in [0.1, 0.15) is 5.76 Å². The van der Waals surface area contributed by atoms with Crippen LogP contribution in [0.15, 0.2) is 33.7 Å². The van der Waals surface area contributed by atoms with E-state index in [0.717, 1.165) is 23.6 Å². The van der Waals surface area contributed by atoms with Gasteiger partial charge in [0.05, 0.1) is 18.8 Å². The number of carbonyl (C=O) groups is 1. The van der Waals surface area contributed by atoms with Crippen molar-refractivity contribution in [1.29, 1.82) is 0 Å². The second-order valence-corrected chi connectivity index (χ2v) is 5.85. The Kier molecular flexibility index (Phi) is 9.84. The molecule has 8 heteroatoms. The first-order valence-corrected chi connectivity index (χ1v) is 8.85. The maximum atomic E-state index is 11.8. The molecule has 0 aliphatic carbocycles. The number of hydrogen-bond acceptors (Lipinski definition) is 4. The predicted octanol–water partition coefficient (Wildman–Crippen LogP) is 2.91. The van der Waals surface area contributed by atoms with E-state index < -0.39 is 0 Å². The van der Waals surface area contributed by atoms with Crippen molar-refractivity contribution in [2.45, 2.75) is 40.8 Å². The summed E-state index contributed by atoms with van der Waals surface area (Å²) in [5, 5.41) is 9.19. The second-order valence-electron chi connectivity index (χ2n) is 5.85. The summed E-state index contributed by atoms with van der Waals surface area (Å²) in [7, 11) is 0. The number of carbonyl (C=O) groups excluding carboxylic acids is 1. The molecule has 0 aliphatic heterocycles. The highest BCUT2D eigenvalue weighted by Crippen LogP contribution is 2.08. The Morgan fingerprint density at radius 1 is 1.07 bits per heavy atom. The molecular weight excluding hydrogens is 457 g/mol. The number of nitrogens with zero attached hydrogens (tertiary/aromatic N) is 2. The minimum Gasteiger partial charge on any atom is -0.444 e. The highest BCUT2D eigenvalue weighted by atomic mass is 127. The predicted molar refractivity (Wildman–Crippen MR) is 117 cm³/mol. The van der Waals surface area contributed by atoms with Crippen LogP contribution in [-0.2, 0) is 13.1 Å². The van der Waals surface area contributed by atoms with Gasteiger partial charge in [0, 0.05) is 18.7 Å². The van der Waals surface area contributed by atoms with Crippen molar-refractivity contribution in [2.24, 2.45) is 4.99 Å². The van der Waals surface area contributed by atoms with Gasteiger partial charge in [-0.3, -0.25) is 4.79 Å². The van der Waals surface area contributed by atoms with E-state index in [0.29, 0.717) is 37.0 Å². The standard InChI is InChI=1S/C19H27N5O2.HI/c1-5-20-18(25)16-9-7-15(8-10-16)11-22-19(21-6-2)23-12-17-24-13(3)14(4)26-17;/h7-10H,5-6,11-12H2,1-4H3,(H,20,25)(H2,21,22,23);1H. The number of amides is 1. The molecule has 0 saturated heterocycles. The van der Waals surface area contributed by atoms with E-state index >= 15 is 0 Å². The zero-order valence-corrected chi connectivity index (χ0v) is 18.6. The summed E-state index contributed by atoms with van der Waals surface area (Å²) < 4.78 is 5.57. The van der Waals surface area contributed by atoms with Crippen LogP contribution in [0.25, 0.3) is 0 Å². The van der Waals surface area contributed by atoms with Gasteiger partial charge < -0.3 is 20.4 Å². The van der Waals surface area contributed by atoms with Crippen LogP contribution in [-0.4, -0.2) is 29.9 Å². The van der Waals surface area contributed by atoms with Gasteiger partial charge >= 0.3 is 0 Å². The van der Waals surface area contributed by atoms with Crippen molar-refractivity contribution in [3.63, 3.8) is 0 Å². The summed E-state index contributed by atoms with van der Waals surface area (Å²) in [5.41, 5.74) is 2.58. The molecule has 0 unspecified atom stereocenters. The molecule has 2 aromatic rings. The first-order chi connectivity index (χ1) is 12.5. The van der Waals surface area contributed by atoms with Crippen LogP contribution in [0.4, 0.5) is 0 Å². The number of nitrogens with one attached hydrogen (secondary N) is 3. The van der Waals surface area contributed by atoms with Gasteiger partial charge in [0.25, 0.3) is 5.91 Å². The molecule has 0 spiro atoms. The maximum absolute atomic E-state index is 11.8. The largest absolute Gasteiger partial charge is 0.444 e. The Hall–Kier alpha value is -2.10. The van der Waals surface area contributed by atoms with E-state index in [1.807, 2.05) is 52.0 Å². The Bertz CT molecular complexity index is 736. The fraction of sp³-hybridized carbons (Fsp3) is 0.421. The van der Waals surface area contributed by atoms with E-state index in [9.17, 15) is 4.79 Å². The third kappa shape index (κ3) is 7.20. The van der Waals surface area contributed by atoms with Crippen LogP contribution < -0.4 is 16.0 Å². The molecule has 0 aliphatic rings. The van der Waals surface area contributed by atoms with Crippen molar-refractivity contribution in [3.05, 3.63) is 52.7 Å². The van der Waals surface area contributed by atoms with Crippen LogP contribution >= 0.6 is 24.0 Å². The number of oxazole rings is 1. The quantitative estimate of drug-likeness (QED) is 0.319. The fourth-order valence-electron chi connectivity index (χ4n) is 2.31. The summed E-state index contributed by atoms with van der Waals surface area (Å²) in [4.78, 5) is 20.7. The third-order valence-electron chi connectivity index (χ3n) is 3.80. The van der Waals surface area contributed by atoms with Gasteiger partial charge in [-0.2, -0.15) is 0 Å². The molecule has 1 amide bonds. The van der Waals surface area contributed by atoms with E-state index in [1.54, 1.807) is 0 Å². The van der Waals surface area contributed by atoms with Crippen molar-refractivity contribution >= 4 is 35.8 Å². The number of aliphatic imine (C=N–C) groups is 1. The van der Waals surface area contributed by atoms with Crippen LogP contribution in [0.3, 0.4) is 0 Å². The maximum Gasteiger partial charge on any atom is 0.251 e. The lowest BCUT2D eigenvalue weighted by Crippen LogP contribution is -2.36. The van der Waals surface area contributed by atoms with E-state index in [-0.39, 0.29) is 29.9 Å². The molecule has 1 aromatic heterocycles. The average molecular weight is 485 g/mol. The molecule has 1 aromatic carbocycles. The number of guanidine groups is 1. The van der Waals surface area contributed by atoms with Gasteiger partial charge in [-0.25, -0.2) is 9.98 Å². The van der Waals surface area contributed by atoms with Crippen molar-refractivity contribution in [2.75, 3.05) is 13.1 Å². The molecule has 7 nitrogen and oxygen atoms in total. The molecule has 2 rings (SSSR count). The summed E-state index contributed by atoms with van der Waals surface area (Å²) in [5.74, 6) is 2.09. The minimum absolute atomic E-state index is 0. The Labute approximate surface area is 177 Å². The summed E-state index contributed by atoms with van der Waals surface area (Å²) in [6.07, 6.45) is 0. The summed E-state index contributed by atoms with van der Waals surface area (Å²) >= 11 is 0. The van der Waals surface area contributed by atoms with Crippen LogP contribution in [0.5, 0.6) is 0 Å². The van der Waals surface area contributed by atoms with Crippen molar-refractivity contribution in [3.8, 4) is 0 Å². The Morgan fingerprint density at radius 3 is 2.30 bits per heavy atom. The van der Waals surface area contributed by atoms with Crippen molar-refractivity contribution in [1.82, 2.24) is 20.9 Å². The van der Waals surface area contributed by atoms with E-state index in [1.165, 1.54) is 0 Å². The Morgan fingerprint density at radius 2 is 1.74 bits per heavy atom. The molecule has 0 bridgehead atoms. The highest BCUT2D eigenvalue weighted by Gasteiger charge is 2.07. The molecular formula is C19H28IN5O2. The zero-order valence-electron chi connectivity index (χ0n) is 16.3. The van der Waals surface area contributed by atoms with Crippen LogP contribution in [0.2, 0.25) is 0 Å². The molecule has 0 fully saturated rings. The highest BCUT2D eigenvalue weighted by molar-refractivity contribution is 14.0.